The molecule has 0 amide bonds. The van der Waals surface area contributed by atoms with E-state index in [1.165, 1.54) is 0 Å². The van der Waals surface area contributed by atoms with E-state index in [0.717, 1.165) is 5.56 Å². The molecule has 0 aliphatic rings. The lowest BCUT2D eigenvalue weighted by atomic mass is 10.1. The predicted octanol–water partition coefficient (Wildman–Crippen LogP) is 0.398. The zero-order chi connectivity index (χ0) is 11.5. The van der Waals surface area contributed by atoms with Gasteiger partial charge in [0, 0.05) is 0 Å². The van der Waals surface area contributed by atoms with Crippen molar-refractivity contribution in [1.82, 2.24) is 0 Å². The average molecular weight is 229 g/mol. The van der Waals surface area contributed by atoms with Gasteiger partial charge in [-0.2, -0.15) is 0 Å². The summed E-state index contributed by atoms with van der Waals surface area (Å²) in [7, 11) is -3.78. The first-order chi connectivity index (χ1) is 6.88. The number of sulfonamides is 1. The molecule has 1 aromatic rings. The Kier molecular flexibility index (Phi) is 3.43. The Bertz CT molecular complexity index is 467. The van der Waals surface area contributed by atoms with Crippen molar-refractivity contribution >= 4 is 16.0 Å². The Hall–Kier alpha value is -1.40. The van der Waals surface area contributed by atoms with Crippen LogP contribution >= 0.6 is 0 Å². The maximum atomic E-state index is 11.3. The van der Waals surface area contributed by atoms with Crippen LogP contribution in [0.2, 0.25) is 0 Å². The molecule has 0 atom stereocenters. The van der Waals surface area contributed by atoms with Crippen LogP contribution in [0.4, 0.5) is 0 Å². The van der Waals surface area contributed by atoms with E-state index in [1.807, 2.05) is 13.0 Å². The smallest absolute Gasteiger partial charge is 0.339 e. The van der Waals surface area contributed by atoms with Gasteiger partial charge in [-0.25, -0.2) is 18.4 Å². The van der Waals surface area contributed by atoms with Gasteiger partial charge in [0.25, 0.3) is 0 Å². The number of esters is 1. The number of nitrogens with two attached hydrogens (primary N) is 1. The van der Waals surface area contributed by atoms with Crippen molar-refractivity contribution in [1.29, 1.82) is 0 Å². The third-order valence-corrected chi connectivity index (χ3v) is 2.05. The number of carbonyl (C=O) groups excluding carboxylic acids is 1. The van der Waals surface area contributed by atoms with Crippen LogP contribution in [0.25, 0.3) is 0 Å². The van der Waals surface area contributed by atoms with Crippen LogP contribution in [0, 0.1) is 6.92 Å². The average Bonchev–Trinajstić information content (AvgIpc) is 2.13. The molecule has 0 saturated heterocycles. The fraction of sp³-hybridized carbons (Fsp3) is 0.222. The molecule has 0 spiro atoms. The van der Waals surface area contributed by atoms with Crippen LogP contribution in [0.3, 0.4) is 0 Å². The number of hydrogen-bond donors (Lipinski definition) is 1. The summed E-state index contributed by atoms with van der Waals surface area (Å²) in [6.45, 7) is 1.82. The second-order valence-corrected chi connectivity index (χ2v) is 4.64. The van der Waals surface area contributed by atoms with Gasteiger partial charge in [-0.15, -0.1) is 0 Å². The molecule has 0 aromatic heterocycles. The molecule has 0 aliphatic carbocycles. The SMILES string of the molecule is Cc1cccc(C(=O)OCS(N)(=O)=O)c1. The fourth-order valence-electron chi connectivity index (χ4n) is 0.991. The number of carbonyl (C=O) groups is 1. The Labute approximate surface area is 87.9 Å². The minimum atomic E-state index is -3.78. The molecule has 0 radical (unpaired) electrons. The van der Waals surface area contributed by atoms with Crippen molar-refractivity contribution in [2.24, 2.45) is 5.14 Å². The summed E-state index contributed by atoms with van der Waals surface area (Å²) in [6.07, 6.45) is 0. The molecule has 2 N–H and O–H groups in total. The van der Waals surface area contributed by atoms with Crippen LogP contribution in [0.15, 0.2) is 24.3 Å². The number of benzene rings is 1. The van der Waals surface area contributed by atoms with Crippen molar-refractivity contribution in [3.8, 4) is 0 Å². The normalized spacial score (nSPS) is 11.1. The topological polar surface area (TPSA) is 86.5 Å². The minimum absolute atomic E-state index is 0.304. The first-order valence-electron chi connectivity index (χ1n) is 4.13. The fourth-order valence-corrected chi connectivity index (χ4v) is 1.26. The van der Waals surface area contributed by atoms with Gasteiger partial charge in [0.15, 0.2) is 0 Å². The predicted molar refractivity (Wildman–Crippen MR) is 54.6 cm³/mol. The molecule has 6 heteroatoms. The molecule has 0 saturated carbocycles. The van der Waals surface area contributed by atoms with Gasteiger partial charge in [0.2, 0.25) is 16.0 Å². The van der Waals surface area contributed by atoms with Crippen molar-refractivity contribution in [2.75, 3.05) is 5.94 Å². The van der Waals surface area contributed by atoms with E-state index in [1.54, 1.807) is 18.2 Å². The highest BCUT2D eigenvalue weighted by Crippen LogP contribution is 2.05. The Morgan fingerprint density at radius 2 is 2.13 bits per heavy atom. The van der Waals surface area contributed by atoms with E-state index in [9.17, 15) is 13.2 Å². The minimum Gasteiger partial charge on any atom is -0.444 e. The third-order valence-electron chi connectivity index (χ3n) is 1.61. The largest absolute Gasteiger partial charge is 0.444 e. The number of ether oxygens (including phenoxy) is 1. The summed E-state index contributed by atoms with van der Waals surface area (Å²) in [5.41, 5.74) is 1.19. The molecule has 1 rings (SSSR count). The van der Waals surface area contributed by atoms with E-state index in [-0.39, 0.29) is 0 Å². The molecule has 82 valence electrons. The molecule has 1 aromatic carbocycles. The van der Waals surface area contributed by atoms with Crippen LogP contribution in [0.1, 0.15) is 15.9 Å². The zero-order valence-electron chi connectivity index (χ0n) is 8.14. The lowest BCUT2D eigenvalue weighted by molar-refractivity contribution is 0.0571. The van der Waals surface area contributed by atoms with Gasteiger partial charge in [0.05, 0.1) is 5.56 Å². The standard InChI is InChI=1S/C9H11NO4S/c1-7-3-2-4-8(5-7)9(11)14-6-15(10,12)13/h2-5H,6H2,1H3,(H2,10,12,13). The summed E-state index contributed by atoms with van der Waals surface area (Å²) in [4.78, 5) is 11.3. The van der Waals surface area contributed by atoms with Crippen molar-refractivity contribution in [3.05, 3.63) is 35.4 Å². The Morgan fingerprint density at radius 1 is 1.47 bits per heavy atom. The van der Waals surface area contributed by atoms with E-state index in [0.29, 0.717) is 5.56 Å². The molecular weight excluding hydrogens is 218 g/mol. The van der Waals surface area contributed by atoms with Gasteiger partial charge in [-0.1, -0.05) is 17.7 Å². The molecule has 0 bridgehead atoms. The number of rotatable bonds is 3. The van der Waals surface area contributed by atoms with Crippen molar-refractivity contribution < 1.29 is 17.9 Å². The molecule has 0 unspecified atom stereocenters. The highest BCUT2D eigenvalue weighted by Gasteiger charge is 2.10. The quantitative estimate of drug-likeness (QED) is 0.760. The number of primary sulfonamides is 1. The highest BCUT2D eigenvalue weighted by atomic mass is 32.2. The molecule has 0 fully saturated rings. The molecule has 0 heterocycles. The maximum absolute atomic E-state index is 11.3. The van der Waals surface area contributed by atoms with Crippen LogP contribution in [-0.4, -0.2) is 20.3 Å². The molecular formula is C9H11NO4S. The summed E-state index contributed by atoms with van der Waals surface area (Å²) < 4.78 is 25.6. The summed E-state index contributed by atoms with van der Waals surface area (Å²) in [6, 6.07) is 6.64. The van der Waals surface area contributed by atoms with E-state index < -0.39 is 21.9 Å². The Balaban J connectivity index is 2.70. The van der Waals surface area contributed by atoms with Crippen LogP contribution < -0.4 is 5.14 Å². The lowest BCUT2D eigenvalue weighted by Gasteiger charge is -2.03. The van der Waals surface area contributed by atoms with Crippen molar-refractivity contribution in [3.63, 3.8) is 0 Å². The summed E-state index contributed by atoms with van der Waals surface area (Å²) in [5, 5.41) is 4.69. The monoisotopic (exact) mass is 229 g/mol. The van der Waals surface area contributed by atoms with Gasteiger partial charge in [-0.3, -0.25) is 0 Å². The van der Waals surface area contributed by atoms with Gasteiger partial charge < -0.3 is 4.74 Å². The zero-order valence-corrected chi connectivity index (χ0v) is 8.95. The van der Waals surface area contributed by atoms with Gasteiger partial charge in [0.1, 0.15) is 0 Å². The molecule has 5 nitrogen and oxygen atoms in total. The van der Waals surface area contributed by atoms with Crippen molar-refractivity contribution in [2.45, 2.75) is 6.92 Å². The second kappa shape index (κ2) is 4.41. The molecule has 15 heavy (non-hydrogen) atoms. The van der Waals surface area contributed by atoms with Crippen LogP contribution in [0.5, 0.6) is 0 Å². The maximum Gasteiger partial charge on any atom is 0.339 e. The second-order valence-electron chi connectivity index (χ2n) is 3.08. The van der Waals surface area contributed by atoms with E-state index in [2.05, 4.69) is 9.88 Å². The third kappa shape index (κ3) is 4.09. The number of hydrogen-bond acceptors (Lipinski definition) is 4. The van der Waals surface area contributed by atoms with Crippen LogP contribution in [-0.2, 0) is 14.8 Å². The lowest BCUT2D eigenvalue weighted by Crippen LogP contribution is -2.21. The van der Waals surface area contributed by atoms with E-state index in [4.69, 9.17) is 0 Å². The summed E-state index contributed by atoms with van der Waals surface area (Å²) >= 11 is 0. The first kappa shape index (κ1) is 11.7. The van der Waals surface area contributed by atoms with Gasteiger partial charge in [-0.05, 0) is 19.1 Å². The van der Waals surface area contributed by atoms with Gasteiger partial charge >= 0.3 is 5.97 Å². The first-order valence-corrected chi connectivity index (χ1v) is 5.84. The summed E-state index contributed by atoms with van der Waals surface area (Å²) in [5.74, 6) is -1.51. The highest BCUT2D eigenvalue weighted by molar-refractivity contribution is 7.88. The van der Waals surface area contributed by atoms with E-state index >= 15 is 0 Å². The molecule has 0 aliphatic heterocycles. The Morgan fingerprint density at radius 3 is 2.67 bits per heavy atom. The number of aryl methyl sites for hydroxylation is 1.